The molecule has 0 saturated carbocycles. The van der Waals surface area contributed by atoms with Crippen molar-refractivity contribution in [3.05, 3.63) is 12.5 Å². The Morgan fingerprint density at radius 1 is 1.64 bits per heavy atom. The number of ether oxygens (including phenoxy) is 1. The summed E-state index contributed by atoms with van der Waals surface area (Å²) in [5.41, 5.74) is 6.00. The lowest BCUT2D eigenvalue weighted by molar-refractivity contribution is 0.306. The standard InChI is InChI=1S/C7H11N3O/c1-2-3-11-7-6(8)4-9-5-10-7/h4-5H,2-3,8H2,1H3. The van der Waals surface area contributed by atoms with Crippen molar-refractivity contribution in [2.45, 2.75) is 13.3 Å². The van der Waals surface area contributed by atoms with Crippen molar-refractivity contribution in [2.75, 3.05) is 12.3 Å². The highest BCUT2D eigenvalue weighted by atomic mass is 16.5. The van der Waals surface area contributed by atoms with E-state index in [9.17, 15) is 0 Å². The van der Waals surface area contributed by atoms with E-state index in [0.717, 1.165) is 6.42 Å². The lowest BCUT2D eigenvalue weighted by Gasteiger charge is -2.03. The van der Waals surface area contributed by atoms with Crippen LogP contribution in [0.3, 0.4) is 0 Å². The molecule has 0 aromatic carbocycles. The molecule has 0 radical (unpaired) electrons. The molecule has 0 unspecified atom stereocenters. The quantitative estimate of drug-likeness (QED) is 0.699. The highest BCUT2D eigenvalue weighted by Crippen LogP contribution is 2.14. The number of nitrogens with two attached hydrogens (primary N) is 1. The van der Waals surface area contributed by atoms with Gasteiger partial charge in [0.2, 0.25) is 5.88 Å². The first kappa shape index (κ1) is 7.78. The largest absolute Gasteiger partial charge is 0.476 e. The molecule has 0 fully saturated rings. The number of anilines is 1. The summed E-state index contributed by atoms with van der Waals surface area (Å²) in [4.78, 5) is 7.59. The maximum absolute atomic E-state index is 5.51. The molecule has 11 heavy (non-hydrogen) atoms. The lowest BCUT2D eigenvalue weighted by Crippen LogP contribution is -2.01. The maximum atomic E-state index is 5.51. The fourth-order valence-corrected chi connectivity index (χ4v) is 0.648. The van der Waals surface area contributed by atoms with Gasteiger partial charge in [-0.3, -0.25) is 0 Å². The second-order valence-corrected chi connectivity index (χ2v) is 2.13. The summed E-state index contributed by atoms with van der Waals surface area (Å²) in [7, 11) is 0. The predicted octanol–water partition coefficient (Wildman–Crippen LogP) is 0.848. The van der Waals surface area contributed by atoms with E-state index in [1.807, 2.05) is 6.92 Å². The van der Waals surface area contributed by atoms with Crippen molar-refractivity contribution in [3.8, 4) is 5.88 Å². The van der Waals surface area contributed by atoms with Crippen LogP contribution in [-0.4, -0.2) is 16.6 Å². The first-order chi connectivity index (χ1) is 5.34. The van der Waals surface area contributed by atoms with Crippen LogP contribution in [0.1, 0.15) is 13.3 Å². The Morgan fingerprint density at radius 2 is 2.45 bits per heavy atom. The third-order valence-corrected chi connectivity index (χ3v) is 1.15. The van der Waals surface area contributed by atoms with Gasteiger partial charge < -0.3 is 10.5 Å². The highest BCUT2D eigenvalue weighted by Gasteiger charge is 1.98. The Labute approximate surface area is 65.4 Å². The van der Waals surface area contributed by atoms with E-state index in [-0.39, 0.29) is 0 Å². The zero-order valence-corrected chi connectivity index (χ0v) is 6.45. The average Bonchev–Trinajstić information content (AvgIpc) is 2.03. The van der Waals surface area contributed by atoms with Crippen molar-refractivity contribution < 1.29 is 4.74 Å². The number of hydrogen-bond acceptors (Lipinski definition) is 4. The zero-order chi connectivity index (χ0) is 8.10. The van der Waals surface area contributed by atoms with Gasteiger partial charge in [-0.15, -0.1) is 0 Å². The van der Waals surface area contributed by atoms with Gasteiger partial charge >= 0.3 is 0 Å². The number of hydrogen-bond donors (Lipinski definition) is 1. The van der Waals surface area contributed by atoms with Gasteiger partial charge in [0.15, 0.2) is 0 Å². The third-order valence-electron chi connectivity index (χ3n) is 1.15. The van der Waals surface area contributed by atoms with Crippen LogP contribution in [0, 0.1) is 0 Å². The molecule has 0 bridgehead atoms. The summed E-state index contributed by atoms with van der Waals surface area (Å²) >= 11 is 0. The molecule has 0 saturated heterocycles. The van der Waals surface area contributed by atoms with Crippen LogP contribution in [0.15, 0.2) is 12.5 Å². The van der Waals surface area contributed by atoms with Gasteiger partial charge in [-0.1, -0.05) is 6.92 Å². The van der Waals surface area contributed by atoms with Crippen LogP contribution >= 0.6 is 0 Å². The van der Waals surface area contributed by atoms with Crippen LogP contribution in [0.4, 0.5) is 5.69 Å². The number of rotatable bonds is 3. The van der Waals surface area contributed by atoms with Crippen LogP contribution in [0.5, 0.6) is 5.88 Å². The van der Waals surface area contributed by atoms with E-state index < -0.39 is 0 Å². The maximum Gasteiger partial charge on any atom is 0.240 e. The van der Waals surface area contributed by atoms with E-state index in [1.54, 1.807) is 0 Å². The van der Waals surface area contributed by atoms with Crippen LogP contribution in [0.25, 0.3) is 0 Å². The monoisotopic (exact) mass is 153 g/mol. The van der Waals surface area contributed by atoms with Crippen molar-refractivity contribution in [1.29, 1.82) is 0 Å². The molecule has 1 aromatic heterocycles. The molecule has 0 aliphatic rings. The fraction of sp³-hybridized carbons (Fsp3) is 0.429. The summed E-state index contributed by atoms with van der Waals surface area (Å²) in [6.45, 7) is 2.67. The number of nitrogen functional groups attached to an aromatic ring is 1. The van der Waals surface area contributed by atoms with E-state index in [2.05, 4.69) is 9.97 Å². The van der Waals surface area contributed by atoms with Gasteiger partial charge in [0.25, 0.3) is 0 Å². The molecule has 0 spiro atoms. The van der Waals surface area contributed by atoms with Gasteiger partial charge in [-0.2, -0.15) is 0 Å². The van der Waals surface area contributed by atoms with Gasteiger partial charge in [-0.25, -0.2) is 9.97 Å². The molecule has 1 heterocycles. The van der Waals surface area contributed by atoms with E-state index >= 15 is 0 Å². The minimum atomic E-state index is 0.474. The first-order valence-electron chi connectivity index (χ1n) is 3.53. The summed E-state index contributed by atoms with van der Waals surface area (Å²) < 4.78 is 5.21. The van der Waals surface area contributed by atoms with Gasteiger partial charge in [-0.05, 0) is 6.42 Å². The molecule has 0 atom stereocenters. The molecular formula is C7H11N3O. The Bertz CT molecular complexity index is 227. The zero-order valence-electron chi connectivity index (χ0n) is 6.45. The van der Waals surface area contributed by atoms with Gasteiger partial charge in [0.1, 0.15) is 12.0 Å². The van der Waals surface area contributed by atoms with Gasteiger partial charge in [0, 0.05) is 0 Å². The smallest absolute Gasteiger partial charge is 0.240 e. The lowest BCUT2D eigenvalue weighted by atomic mass is 10.5. The van der Waals surface area contributed by atoms with Crippen molar-refractivity contribution in [3.63, 3.8) is 0 Å². The Balaban J connectivity index is 2.62. The summed E-state index contributed by atoms with van der Waals surface area (Å²) in [5.74, 6) is 0.474. The minimum Gasteiger partial charge on any atom is -0.476 e. The summed E-state index contributed by atoms with van der Waals surface area (Å²) in [5, 5.41) is 0. The second kappa shape index (κ2) is 3.75. The molecule has 2 N–H and O–H groups in total. The topological polar surface area (TPSA) is 61.0 Å². The van der Waals surface area contributed by atoms with Gasteiger partial charge in [0.05, 0.1) is 12.8 Å². The minimum absolute atomic E-state index is 0.474. The number of nitrogens with zero attached hydrogens (tertiary/aromatic N) is 2. The van der Waals surface area contributed by atoms with E-state index in [0.29, 0.717) is 18.2 Å². The molecular weight excluding hydrogens is 142 g/mol. The normalized spacial score (nSPS) is 9.55. The molecule has 4 nitrogen and oxygen atoms in total. The molecule has 4 heteroatoms. The van der Waals surface area contributed by atoms with Crippen molar-refractivity contribution >= 4 is 5.69 Å². The molecule has 0 amide bonds. The SMILES string of the molecule is CCCOc1ncncc1N. The molecule has 1 aromatic rings. The average molecular weight is 153 g/mol. The third kappa shape index (κ3) is 2.07. The van der Waals surface area contributed by atoms with Crippen molar-refractivity contribution in [2.24, 2.45) is 0 Å². The summed E-state index contributed by atoms with van der Waals surface area (Å²) in [6.07, 6.45) is 3.89. The molecule has 0 aliphatic heterocycles. The van der Waals surface area contributed by atoms with Crippen LogP contribution < -0.4 is 10.5 Å². The number of aromatic nitrogens is 2. The molecule has 1 rings (SSSR count). The van der Waals surface area contributed by atoms with E-state index in [4.69, 9.17) is 10.5 Å². The first-order valence-corrected chi connectivity index (χ1v) is 3.53. The summed E-state index contributed by atoms with van der Waals surface area (Å²) in [6, 6.07) is 0. The molecule has 0 aliphatic carbocycles. The Kier molecular flexibility index (Phi) is 2.66. The predicted molar refractivity (Wildman–Crippen MR) is 42.2 cm³/mol. The highest BCUT2D eigenvalue weighted by molar-refractivity contribution is 5.44. The van der Waals surface area contributed by atoms with Crippen LogP contribution in [-0.2, 0) is 0 Å². The Hall–Kier alpha value is -1.32. The van der Waals surface area contributed by atoms with Crippen LogP contribution in [0.2, 0.25) is 0 Å². The Morgan fingerprint density at radius 3 is 3.09 bits per heavy atom. The second-order valence-electron chi connectivity index (χ2n) is 2.13. The van der Waals surface area contributed by atoms with Crippen molar-refractivity contribution in [1.82, 2.24) is 9.97 Å². The van der Waals surface area contributed by atoms with E-state index in [1.165, 1.54) is 12.5 Å². The fourth-order valence-electron chi connectivity index (χ4n) is 0.648. The molecule has 60 valence electrons.